The predicted octanol–water partition coefficient (Wildman–Crippen LogP) is -0.0389. The third-order valence-corrected chi connectivity index (χ3v) is 3.58. The molecule has 0 amide bonds. The Morgan fingerprint density at radius 1 is 1.76 bits per heavy atom. The zero-order chi connectivity index (χ0) is 12.3. The molecule has 0 aliphatic carbocycles. The van der Waals surface area contributed by atoms with E-state index in [1.54, 1.807) is 0 Å². The van der Waals surface area contributed by atoms with Gasteiger partial charge in [-0.3, -0.25) is 9.69 Å². The molecule has 2 heterocycles. The van der Waals surface area contributed by atoms with E-state index in [-0.39, 0.29) is 12.0 Å². The molecule has 1 saturated heterocycles. The van der Waals surface area contributed by atoms with E-state index in [2.05, 4.69) is 15.0 Å². The molecule has 7 nitrogen and oxygen atoms in total. The number of anilines is 1. The van der Waals surface area contributed by atoms with Gasteiger partial charge in [-0.15, -0.1) is 5.10 Å². The van der Waals surface area contributed by atoms with Crippen LogP contribution in [-0.4, -0.2) is 40.2 Å². The van der Waals surface area contributed by atoms with Crippen molar-refractivity contribution in [2.24, 2.45) is 5.84 Å². The van der Waals surface area contributed by atoms with E-state index in [0.29, 0.717) is 6.54 Å². The third-order valence-electron chi connectivity index (χ3n) is 2.88. The van der Waals surface area contributed by atoms with E-state index in [1.165, 1.54) is 18.6 Å². The molecule has 0 saturated carbocycles. The van der Waals surface area contributed by atoms with E-state index in [0.717, 1.165) is 30.1 Å². The quantitative estimate of drug-likeness (QED) is 0.444. The Morgan fingerprint density at radius 2 is 2.59 bits per heavy atom. The van der Waals surface area contributed by atoms with Crippen molar-refractivity contribution in [1.82, 2.24) is 14.5 Å². The number of nitrogens with zero attached hydrogens (tertiary/aromatic N) is 3. The molecule has 1 aromatic rings. The lowest BCUT2D eigenvalue weighted by molar-refractivity contribution is -0.146. The van der Waals surface area contributed by atoms with Gasteiger partial charge in [0.25, 0.3) is 0 Å². The summed E-state index contributed by atoms with van der Waals surface area (Å²) >= 11 is 1.21. The molecule has 1 fully saturated rings. The van der Waals surface area contributed by atoms with Crippen LogP contribution in [0.4, 0.5) is 5.00 Å². The van der Waals surface area contributed by atoms with Gasteiger partial charge in [0.1, 0.15) is 16.7 Å². The van der Waals surface area contributed by atoms with Gasteiger partial charge in [0.2, 0.25) is 0 Å². The lowest BCUT2D eigenvalue weighted by Gasteiger charge is -2.21. The number of carbonyl (C=O) groups excluding carboxylic acids is 1. The average Bonchev–Trinajstić information content (AvgIpc) is 2.97. The van der Waals surface area contributed by atoms with Gasteiger partial charge in [0.05, 0.1) is 7.11 Å². The SMILES string of the molecule is COC(=O)C1CCCN1Cc1nnsc1NN. The van der Waals surface area contributed by atoms with Crippen LogP contribution in [0.3, 0.4) is 0 Å². The molecular weight excluding hydrogens is 242 g/mol. The second-order valence-corrected chi connectivity index (χ2v) is 4.60. The summed E-state index contributed by atoms with van der Waals surface area (Å²) < 4.78 is 8.62. The fourth-order valence-corrected chi connectivity index (χ4v) is 2.52. The summed E-state index contributed by atoms with van der Waals surface area (Å²) in [6.07, 6.45) is 1.82. The summed E-state index contributed by atoms with van der Waals surface area (Å²) in [5.74, 6) is 5.17. The van der Waals surface area contributed by atoms with Crippen molar-refractivity contribution >= 4 is 22.5 Å². The van der Waals surface area contributed by atoms with Crippen LogP contribution in [0.15, 0.2) is 0 Å². The number of aromatic nitrogens is 2. The number of hydrazine groups is 1. The van der Waals surface area contributed by atoms with Gasteiger partial charge in [-0.2, -0.15) is 0 Å². The molecule has 8 heteroatoms. The molecule has 1 aliphatic rings. The first-order valence-electron chi connectivity index (χ1n) is 5.36. The van der Waals surface area contributed by atoms with Gasteiger partial charge < -0.3 is 10.2 Å². The molecule has 0 aromatic carbocycles. The van der Waals surface area contributed by atoms with Gasteiger partial charge in [0.15, 0.2) is 0 Å². The number of likely N-dealkylation sites (tertiary alicyclic amines) is 1. The molecule has 0 spiro atoms. The Bertz CT molecular complexity index is 396. The van der Waals surface area contributed by atoms with Crippen molar-refractivity contribution in [2.45, 2.75) is 25.4 Å². The highest BCUT2D eigenvalue weighted by Crippen LogP contribution is 2.24. The lowest BCUT2D eigenvalue weighted by Crippen LogP contribution is -2.36. The fourth-order valence-electron chi connectivity index (χ4n) is 2.03. The molecule has 2 rings (SSSR count). The maximum absolute atomic E-state index is 11.6. The maximum Gasteiger partial charge on any atom is 0.323 e. The number of nitrogen functional groups attached to an aromatic ring is 1. The minimum Gasteiger partial charge on any atom is -0.468 e. The Kier molecular flexibility index (Phi) is 3.87. The van der Waals surface area contributed by atoms with Crippen LogP contribution in [0.2, 0.25) is 0 Å². The maximum atomic E-state index is 11.6. The van der Waals surface area contributed by atoms with Crippen molar-refractivity contribution in [3.8, 4) is 0 Å². The summed E-state index contributed by atoms with van der Waals surface area (Å²) in [5.41, 5.74) is 3.33. The van der Waals surface area contributed by atoms with E-state index >= 15 is 0 Å². The van der Waals surface area contributed by atoms with Crippen LogP contribution in [0.1, 0.15) is 18.5 Å². The molecule has 1 aliphatic heterocycles. The first kappa shape index (κ1) is 12.2. The van der Waals surface area contributed by atoms with Gasteiger partial charge in [-0.05, 0) is 19.4 Å². The highest BCUT2D eigenvalue weighted by Gasteiger charge is 2.32. The first-order valence-corrected chi connectivity index (χ1v) is 6.13. The van der Waals surface area contributed by atoms with E-state index in [4.69, 9.17) is 10.6 Å². The molecule has 0 radical (unpaired) electrons. The van der Waals surface area contributed by atoms with Crippen LogP contribution in [0, 0.1) is 0 Å². The summed E-state index contributed by atoms with van der Waals surface area (Å²) in [5, 5.41) is 4.74. The molecule has 1 aromatic heterocycles. The van der Waals surface area contributed by atoms with Crippen LogP contribution in [-0.2, 0) is 16.1 Å². The van der Waals surface area contributed by atoms with Crippen molar-refractivity contribution in [3.05, 3.63) is 5.69 Å². The zero-order valence-corrected chi connectivity index (χ0v) is 10.4. The summed E-state index contributed by atoms with van der Waals surface area (Å²) in [4.78, 5) is 13.6. The Labute approximate surface area is 103 Å². The normalized spacial score (nSPS) is 20.5. The van der Waals surface area contributed by atoms with E-state index in [9.17, 15) is 4.79 Å². The monoisotopic (exact) mass is 257 g/mol. The highest BCUT2D eigenvalue weighted by molar-refractivity contribution is 7.10. The minimum atomic E-state index is -0.187. The Hall–Kier alpha value is -1.25. The smallest absolute Gasteiger partial charge is 0.323 e. The summed E-state index contributed by atoms with van der Waals surface area (Å²) in [6, 6.07) is -0.174. The topological polar surface area (TPSA) is 93.4 Å². The lowest BCUT2D eigenvalue weighted by atomic mass is 10.2. The first-order chi connectivity index (χ1) is 8.26. The van der Waals surface area contributed by atoms with Crippen LogP contribution in [0.5, 0.6) is 0 Å². The van der Waals surface area contributed by atoms with Crippen molar-refractivity contribution in [2.75, 3.05) is 19.1 Å². The number of nitrogens with two attached hydrogens (primary N) is 1. The van der Waals surface area contributed by atoms with Gasteiger partial charge in [-0.1, -0.05) is 4.49 Å². The number of ether oxygens (including phenoxy) is 1. The van der Waals surface area contributed by atoms with Crippen molar-refractivity contribution < 1.29 is 9.53 Å². The standard InChI is InChI=1S/C9H15N5O2S/c1-16-9(15)7-3-2-4-14(7)5-6-8(11-10)17-13-12-6/h7,11H,2-5,10H2,1H3. The van der Waals surface area contributed by atoms with Crippen LogP contribution < -0.4 is 11.3 Å². The average molecular weight is 257 g/mol. The second-order valence-electron chi connectivity index (χ2n) is 3.84. The molecule has 1 unspecified atom stereocenters. The van der Waals surface area contributed by atoms with Crippen molar-refractivity contribution in [3.63, 3.8) is 0 Å². The molecule has 1 atom stereocenters. The van der Waals surface area contributed by atoms with Crippen LogP contribution in [0.25, 0.3) is 0 Å². The largest absolute Gasteiger partial charge is 0.468 e. The number of rotatable bonds is 4. The van der Waals surface area contributed by atoms with Crippen molar-refractivity contribution in [1.29, 1.82) is 0 Å². The Balaban J connectivity index is 2.05. The number of carbonyl (C=O) groups is 1. The van der Waals surface area contributed by atoms with Crippen LogP contribution >= 0.6 is 11.5 Å². The zero-order valence-electron chi connectivity index (χ0n) is 9.55. The molecule has 94 valence electrons. The van der Waals surface area contributed by atoms with E-state index < -0.39 is 0 Å². The molecule has 17 heavy (non-hydrogen) atoms. The highest BCUT2D eigenvalue weighted by atomic mass is 32.1. The molecular formula is C9H15N5O2S. The summed E-state index contributed by atoms with van der Waals surface area (Å²) in [7, 11) is 1.41. The second kappa shape index (κ2) is 5.39. The third kappa shape index (κ3) is 2.54. The van der Waals surface area contributed by atoms with Gasteiger partial charge in [-0.25, -0.2) is 5.84 Å². The Morgan fingerprint density at radius 3 is 3.29 bits per heavy atom. The predicted molar refractivity (Wildman–Crippen MR) is 63.2 cm³/mol. The number of hydrogen-bond donors (Lipinski definition) is 2. The summed E-state index contributed by atoms with van der Waals surface area (Å²) in [6.45, 7) is 1.43. The number of nitrogens with one attached hydrogen (secondary N) is 1. The van der Waals surface area contributed by atoms with Gasteiger partial charge >= 0.3 is 5.97 Å². The number of methoxy groups -OCH3 is 1. The number of esters is 1. The van der Waals surface area contributed by atoms with E-state index in [1.807, 2.05) is 4.90 Å². The number of hydrogen-bond acceptors (Lipinski definition) is 8. The molecule has 0 bridgehead atoms. The minimum absolute atomic E-state index is 0.174. The van der Waals surface area contributed by atoms with Gasteiger partial charge in [0, 0.05) is 18.1 Å². The molecule has 3 N–H and O–H groups in total. The fraction of sp³-hybridized carbons (Fsp3) is 0.667.